The van der Waals surface area contributed by atoms with Gasteiger partial charge in [0, 0.05) is 41.7 Å². The van der Waals surface area contributed by atoms with Crippen LogP contribution < -0.4 is 15.5 Å². The fourth-order valence-corrected chi connectivity index (χ4v) is 10.5. The number of carbonyl (C=O) groups is 3. The van der Waals surface area contributed by atoms with E-state index in [0.717, 1.165) is 92.8 Å². The number of H-pyrrole nitrogens is 2. The summed E-state index contributed by atoms with van der Waals surface area (Å²) >= 11 is 0. The summed E-state index contributed by atoms with van der Waals surface area (Å²) < 4.78 is 17.8. The van der Waals surface area contributed by atoms with Crippen molar-refractivity contribution in [2.45, 2.75) is 142 Å². The van der Waals surface area contributed by atoms with E-state index in [4.69, 9.17) is 29.0 Å². The number of carbonyl (C=O) groups excluding carboxylic acids is 3. The lowest BCUT2D eigenvalue weighted by atomic mass is 9.75. The van der Waals surface area contributed by atoms with Crippen LogP contribution in [0.5, 0.6) is 5.75 Å². The van der Waals surface area contributed by atoms with Gasteiger partial charge in [-0.1, -0.05) is 39.0 Å². The molecule has 0 bridgehead atoms. The summed E-state index contributed by atoms with van der Waals surface area (Å²) in [4.78, 5) is 68.0. The highest BCUT2D eigenvalue weighted by Crippen LogP contribution is 2.45. The monoisotopic (exact) mass is 888 g/mol. The van der Waals surface area contributed by atoms with Crippen molar-refractivity contribution >= 4 is 39.7 Å². The molecule has 0 spiro atoms. The Balaban J connectivity index is 0.961. The molecule has 4 N–H and O–H groups in total. The molecule has 6 heterocycles. The summed E-state index contributed by atoms with van der Waals surface area (Å²) in [6.45, 7) is 17.2. The Hall–Kier alpha value is -5.51. The third-order valence-corrected chi connectivity index (χ3v) is 14.2. The maximum atomic E-state index is 14.7. The molecular weight excluding hydrogens is 825 g/mol. The Morgan fingerprint density at radius 1 is 0.892 bits per heavy atom. The van der Waals surface area contributed by atoms with Crippen LogP contribution in [0.3, 0.4) is 0 Å². The molecule has 6 atom stereocenters. The number of ether oxygens (including phenoxy) is 3. The van der Waals surface area contributed by atoms with Crippen molar-refractivity contribution < 1.29 is 33.4 Å². The maximum absolute atomic E-state index is 14.7. The fraction of sp³-hybridized carbons (Fsp3) is 0.540. The lowest BCUT2D eigenvalue weighted by Gasteiger charge is -2.43. The van der Waals surface area contributed by atoms with Crippen molar-refractivity contribution in [2.24, 2.45) is 11.3 Å². The van der Waals surface area contributed by atoms with E-state index in [2.05, 4.69) is 77.9 Å². The van der Waals surface area contributed by atoms with Gasteiger partial charge >= 0.3 is 6.09 Å². The second kappa shape index (κ2) is 17.4. The minimum absolute atomic E-state index is 0.0151. The number of imidazole rings is 2. The van der Waals surface area contributed by atoms with E-state index in [1.165, 1.54) is 0 Å². The van der Waals surface area contributed by atoms with Gasteiger partial charge in [0.1, 0.15) is 41.7 Å². The third-order valence-electron chi connectivity index (χ3n) is 14.2. The highest BCUT2D eigenvalue weighted by molar-refractivity contribution is 6.07. The van der Waals surface area contributed by atoms with Crippen molar-refractivity contribution in [2.75, 3.05) is 20.3 Å². The molecule has 4 aliphatic heterocycles. The van der Waals surface area contributed by atoms with E-state index >= 15 is 0 Å². The molecule has 5 aromatic rings. The van der Waals surface area contributed by atoms with Gasteiger partial charge in [0.15, 0.2) is 0 Å². The van der Waals surface area contributed by atoms with Gasteiger partial charge in [0.2, 0.25) is 11.8 Å². The van der Waals surface area contributed by atoms with Gasteiger partial charge in [-0.2, -0.15) is 5.48 Å². The van der Waals surface area contributed by atoms with Crippen LogP contribution >= 0.6 is 0 Å². The van der Waals surface area contributed by atoms with Crippen molar-refractivity contribution in [3.05, 3.63) is 65.9 Å². The van der Waals surface area contributed by atoms with E-state index in [0.29, 0.717) is 32.7 Å². The first-order valence-corrected chi connectivity index (χ1v) is 23.3. The molecular formula is C50H64N8O7. The molecule has 3 saturated heterocycles. The van der Waals surface area contributed by atoms with Crippen molar-refractivity contribution in [1.82, 2.24) is 40.5 Å². The number of alkyl carbamates (subject to hydrolysis) is 1. The Morgan fingerprint density at radius 2 is 1.60 bits per heavy atom. The first-order valence-electron chi connectivity index (χ1n) is 23.3. The summed E-state index contributed by atoms with van der Waals surface area (Å²) in [6.07, 6.45) is 5.80. The summed E-state index contributed by atoms with van der Waals surface area (Å²) in [6, 6.07) is 13.2. The molecule has 3 fully saturated rings. The predicted octanol–water partition coefficient (Wildman–Crippen LogP) is 8.66. The molecule has 0 unspecified atom stereocenters. The number of aromatic amines is 2. The number of hydrogen-bond acceptors (Lipinski definition) is 10. The first kappa shape index (κ1) is 44.7. The van der Waals surface area contributed by atoms with Gasteiger partial charge in [0.05, 0.1) is 42.1 Å². The van der Waals surface area contributed by atoms with Crippen molar-refractivity contribution in [3.8, 4) is 28.1 Å². The van der Waals surface area contributed by atoms with E-state index in [9.17, 15) is 14.4 Å². The number of benzene rings is 3. The number of aromatic nitrogens is 4. The number of amides is 3. The zero-order chi connectivity index (χ0) is 45.9. The second-order valence-corrected chi connectivity index (χ2v) is 20.3. The predicted molar refractivity (Wildman–Crippen MR) is 248 cm³/mol. The van der Waals surface area contributed by atoms with Gasteiger partial charge in [-0.25, -0.2) is 14.8 Å². The molecule has 346 valence electrons. The normalized spacial score (nSPS) is 22.7. The molecule has 2 aromatic heterocycles. The smallest absolute Gasteiger partial charge is 0.408 e. The zero-order valence-corrected chi connectivity index (χ0v) is 39.2. The second-order valence-electron chi connectivity index (χ2n) is 20.3. The van der Waals surface area contributed by atoms with Gasteiger partial charge in [-0.05, 0) is 125 Å². The summed E-state index contributed by atoms with van der Waals surface area (Å²) in [5.41, 5.74) is 8.49. The van der Waals surface area contributed by atoms with Crippen LogP contribution in [0.4, 0.5) is 4.79 Å². The van der Waals surface area contributed by atoms with E-state index in [1.54, 1.807) is 7.11 Å². The number of hydroxylamine groups is 1. The first-order chi connectivity index (χ1) is 31.0. The van der Waals surface area contributed by atoms with E-state index in [1.807, 2.05) is 56.7 Å². The minimum Gasteiger partial charge on any atom is -0.488 e. The average molecular weight is 889 g/mol. The quantitative estimate of drug-likeness (QED) is 0.0994. The van der Waals surface area contributed by atoms with Crippen LogP contribution in [0.15, 0.2) is 48.7 Å². The topological polar surface area (TPSA) is 176 Å². The molecule has 4 aliphatic rings. The van der Waals surface area contributed by atoms with Crippen LogP contribution in [0.1, 0.15) is 123 Å². The molecule has 15 heteroatoms. The lowest BCUT2D eigenvalue weighted by Crippen LogP contribution is -2.59. The number of nitrogens with zero attached hydrogens (tertiary/aromatic N) is 4. The molecule has 65 heavy (non-hydrogen) atoms. The van der Waals surface area contributed by atoms with E-state index in [-0.39, 0.29) is 41.9 Å². The zero-order valence-electron chi connectivity index (χ0n) is 39.2. The summed E-state index contributed by atoms with van der Waals surface area (Å²) in [7, 11) is 1.55. The number of rotatable bonds is 10. The summed E-state index contributed by atoms with van der Waals surface area (Å²) in [5.74, 6) is 2.24. The van der Waals surface area contributed by atoms with Crippen LogP contribution in [0.2, 0.25) is 0 Å². The molecule has 3 amide bonds. The molecule has 0 radical (unpaired) electrons. The molecule has 0 saturated carbocycles. The number of hydrogen-bond donors (Lipinski definition) is 4. The molecule has 0 aliphatic carbocycles. The standard InChI is InChI=1S/C50H64N8O7/c1-27(2)41(56-62-9)46(59)57-28(3)11-17-39(57)45-52-36-15-13-30-23-35-33-14-12-31(22-32(33)26-64-40(35)24-34(30)42(36)54-45)37-25-51-44(53-37)38-16-10-29(4)58(38)47(60)43(50(8)18-20-63-21-19-50)55-48(61)65-49(5,6)7/h12-15,22-25,27-29,38-39,41,43,56H,10-11,16-21,26H2,1-9H3,(H,51,53)(H,52,54)(H,55,61)/t28-,29-,38-,39-,41-,43+/m0/s1. The van der Waals surface area contributed by atoms with Crippen molar-refractivity contribution in [3.63, 3.8) is 0 Å². The SMILES string of the molecule is CON[C@H](C(=O)N1[C@@H](C)CC[C@H]1c1nc2ccc3cc4c(cc3c2[nH]1)OCc1cc(-c2cnc([C@@H]3CC[C@H](C)N3C(=O)[C@@H](NC(=O)OC(C)(C)C)C3(C)CCOCC3)[nH]2)ccc1-4)C(C)C. The van der Waals surface area contributed by atoms with Crippen molar-refractivity contribution in [1.29, 1.82) is 0 Å². The van der Waals surface area contributed by atoms with E-state index < -0.39 is 29.2 Å². The highest BCUT2D eigenvalue weighted by Gasteiger charge is 2.48. The van der Waals surface area contributed by atoms with Gasteiger partial charge in [-0.15, -0.1) is 0 Å². The van der Waals surface area contributed by atoms with Gasteiger partial charge < -0.3 is 44.1 Å². The summed E-state index contributed by atoms with van der Waals surface area (Å²) in [5, 5.41) is 5.06. The van der Waals surface area contributed by atoms with Gasteiger partial charge in [0.25, 0.3) is 0 Å². The Labute approximate surface area is 380 Å². The third kappa shape index (κ3) is 8.47. The Bertz CT molecular complexity index is 2610. The number of likely N-dealkylation sites (tertiary alicyclic amines) is 2. The highest BCUT2D eigenvalue weighted by atomic mass is 16.6. The van der Waals surface area contributed by atoms with Crippen LogP contribution in [-0.2, 0) is 30.5 Å². The lowest BCUT2D eigenvalue weighted by molar-refractivity contribution is -0.142. The molecule has 9 rings (SSSR count). The van der Waals surface area contributed by atoms with Crippen LogP contribution in [0, 0.1) is 11.3 Å². The van der Waals surface area contributed by atoms with Crippen LogP contribution in [0.25, 0.3) is 44.2 Å². The Kier molecular flexibility index (Phi) is 11.9. The number of fused-ring (bicyclic) bond motifs is 6. The minimum atomic E-state index is -0.784. The molecule has 15 nitrogen and oxygen atoms in total. The fourth-order valence-electron chi connectivity index (χ4n) is 10.5. The molecule has 3 aromatic carbocycles. The van der Waals surface area contributed by atoms with Crippen LogP contribution in [-0.4, -0.2) is 97.7 Å². The Morgan fingerprint density at radius 3 is 2.29 bits per heavy atom. The number of nitrogens with one attached hydrogen (secondary N) is 4. The maximum Gasteiger partial charge on any atom is 0.408 e. The average Bonchev–Trinajstić information content (AvgIpc) is 4.09. The largest absolute Gasteiger partial charge is 0.488 e. The van der Waals surface area contributed by atoms with Gasteiger partial charge in [-0.3, -0.25) is 9.59 Å².